The van der Waals surface area contributed by atoms with Gasteiger partial charge in [0.15, 0.2) is 0 Å². The van der Waals surface area contributed by atoms with Crippen molar-refractivity contribution in [3.63, 3.8) is 0 Å². The number of unbranched alkanes of at least 4 members (excludes halogenated alkanes) is 6. The van der Waals surface area contributed by atoms with Crippen molar-refractivity contribution in [2.24, 2.45) is 0 Å². The van der Waals surface area contributed by atoms with Crippen molar-refractivity contribution < 1.29 is 9.05 Å². The van der Waals surface area contributed by atoms with Crippen LogP contribution in [0.2, 0.25) is 0 Å². The molecule has 0 saturated heterocycles. The summed E-state index contributed by atoms with van der Waals surface area (Å²) in [7, 11) is 5.47. The summed E-state index contributed by atoms with van der Waals surface area (Å²) in [4.78, 5) is 0. The Balaban J connectivity index is 4.18. The fourth-order valence-corrected chi connectivity index (χ4v) is 3.69. The molecule has 0 aliphatic carbocycles. The summed E-state index contributed by atoms with van der Waals surface area (Å²) in [5, 5.41) is 0. The minimum Gasteiger partial charge on any atom is -0.358 e. The molecule has 0 bridgehead atoms. The van der Waals surface area contributed by atoms with Gasteiger partial charge in [0, 0.05) is 18.0 Å². The molecule has 2 nitrogen and oxygen atoms in total. The average Bonchev–Trinajstić information content (AvgIpc) is 2.68. The van der Waals surface area contributed by atoms with Crippen LogP contribution in [0.5, 0.6) is 0 Å². The Kier molecular flexibility index (Phi) is 22.6. The molecule has 0 heterocycles. The van der Waals surface area contributed by atoms with Gasteiger partial charge in [0.1, 0.15) is 0 Å². The van der Waals surface area contributed by atoms with E-state index in [0.29, 0.717) is 8.50 Å². The minimum absolute atomic E-state index is 0.133. The zero-order chi connectivity index (χ0) is 20.0. The van der Waals surface area contributed by atoms with Gasteiger partial charge in [0.2, 0.25) is 0 Å². The van der Waals surface area contributed by atoms with Gasteiger partial charge in [-0.2, -0.15) is 0 Å². The van der Waals surface area contributed by atoms with E-state index in [2.05, 4.69) is 80.9 Å². The molecule has 5 heteroatoms. The maximum atomic E-state index is 5.78. The smallest absolute Gasteiger partial charge is 0.0836 e. The Morgan fingerprint density at radius 2 is 1.48 bits per heavy atom. The molecule has 27 heavy (non-hydrogen) atoms. The van der Waals surface area contributed by atoms with Gasteiger partial charge >= 0.3 is 0 Å². The van der Waals surface area contributed by atoms with E-state index in [4.69, 9.17) is 9.05 Å². The summed E-state index contributed by atoms with van der Waals surface area (Å²) in [6.07, 6.45) is 29.5. The molecular weight excluding hydrogens is 389 g/mol. The number of hydrogen-bond donors (Lipinski definition) is 0. The Labute approximate surface area is 175 Å². The molecule has 0 aliphatic rings. The molecule has 0 N–H and O–H groups in total. The predicted octanol–water partition coefficient (Wildman–Crippen LogP) is 8.10. The molecule has 5 unspecified atom stereocenters. The third-order valence-electron chi connectivity index (χ3n) is 4.23. The van der Waals surface area contributed by atoms with E-state index in [1.54, 1.807) is 0 Å². The predicted molar refractivity (Wildman–Crippen MR) is 132 cm³/mol. The van der Waals surface area contributed by atoms with E-state index in [9.17, 15) is 0 Å². The van der Waals surface area contributed by atoms with Gasteiger partial charge < -0.3 is 9.05 Å². The first-order valence-electron chi connectivity index (χ1n) is 10.4. The lowest BCUT2D eigenvalue weighted by molar-refractivity contribution is 0.274. The lowest BCUT2D eigenvalue weighted by Gasteiger charge is -2.10. The normalized spacial score (nSPS) is 15.4. The van der Waals surface area contributed by atoms with Crippen LogP contribution in [0.3, 0.4) is 0 Å². The van der Waals surface area contributed by atoms with Crippen molar-refractivity contribution in [1.29, 1.82) is 0 Å². The lowest BCUT2D eigenvalue weighted by Crippen LogP contribution is -2.03. The molecule has 0 aromatic heterocycles. The van der Waals surface area contributed by atoms with E-state index in [0.717, 1.165) is 19.3 Å². The molecule has 0 radical (unpaired) electrons. The highest BCUT2D eigenvalue weighted by Crippen LogP contribution is 2.25. The first-order chi connectivity index (χ1) is 13.3. The van der Waals surface area contributed by atoms with Crippen LogP contribution in [0.15, 0.2) is 48.6 Å². The summed E-state index contributed by atoms with van der Waals surface area (Å²) in [6.45, 7) is 4.47. The second-order valence-corrected chi connectivity index (χ2v) is 8.11. The highest BCUT2D eigenvalue weighted by atomic mass is 32.0. The van der Waals surface area contributed by atoms with E-state index < -0.39 is 0 Å². The molecule has 0 aliphatic heterocycles. The maximum absolute atomic E-state index is 5.78. The van der Waals surface area contributed by atoms with Gasteiger partial charge in [-0.25, -0.2) is 0 Å². The van der Waals surface area contributed by atoms with Crippen LogP contribution in [0, 0.1) is 0 Å². The average molecular weight is 430 g/mol. The number of hydrogen-bond acceptors (Lipinski definition) is 2. The van der Waals surface area contributed by atoms with E-state index in [-0.39, 0.29) is 12.2 Å². The van der Waals surface area contributed by atoms with Gasteiger partial charge in [-0.3, -0.25) is 0 Å². The van der Waals surface area contributed by atoms with Gasteiger partial charge in [-0.1, -0.05) is 110 Å². The Morgan fingerprint density at radius 1 is 0.815 bits per heavy atom. The van der Waals surface area contributed by atoms with Crippen LogP contribution < -0.4 is 0 Å². The van der Waals surface area contributed by atoms with Crippen molar-refractivity contribution in [3.8, 4) is 0 Å². The van der Waals surface area contributed by atoms with Gasteiger partial charge in [-0.15, -0.1) is 0 Å². The highest BCUT2D eigenvalue weighted by Gasteiger charge is 2.02. The Morgan fingerprint density at radius 3 is 2.15 bits per heavy atom. The van der Waals surface area contributed by atoms with Gasteiger partial charge in [-0.05, 0) is 25.7 Å². The molecule has 0 rings (SSSR count). The van der Waals surface area contributed by atoms with Crippen LogP contribution >= 0.6 is 26.9 Å². The van der Waals surface area contributed by atoms with Crippen LogP contribution in [0.4, 0.5) is 0 Å². The molecule has 0 aromatic rings. The summed E-state index contributed by atoms with van der Waals surface area (Å²) in [6, 6.07) is 0. The molecule has 0 amide bonds. The van der Waals surface area contributed by atoms with Gasteiger partial charge in [0.25, 0.3) is 0 Å². The number of allylic oxidation sites excluding steroid dienone is 5. The third-order valence-corrected chi connectivity index (χ3v) is 5.42. The third kappa shape index (κ3) is 19.3. The zero-order valence-corrected chi connectivity index (χ0v) is 20.6. The molecule has 0 saturated carbocycles. The largest absolute Gasteiger partial charge is 0.358 e. The quantitative estimate of drug-likeness (QED) is 0.124. The van der Waals surface area contributed by atoms with Crippen molar-refractivity contribution >= 4 is 26.9 Å². The zero-order valence-electron chi connectivity index (χ0n) is 17.3. The Bertz CT molecular complexity index is 420. The van der Waals surface area contributed by atoms with Crippen LogP contribution in [0.1, 0.15) is 78.1 Å². The first kappa shape index (κ1) is 27.2. The van der Waals surface area contributed by atoms with Crippen LogP contribution in [0.25, 0.3) is 0 Å². The van der Waals surface area contributed by atoms with Crippen LogP contribution in [-0.2, 0) is 9.05 Å². The van der Waals surface area contributed by atoms with Crippen LogP contribution in [-0.4, -0.2) is 12.2 Å². The number of rotatable bonds is 18. The Hall–Kier alpha value is 0.170. The fourth-order valence-electron chi connectivity index (χ4n) is 2.59. The molecule has 0 fully saturated rings. The van der Waals surface area contributed by atoms with Crippen molar-refractivity contribution in [2.75, 3.05) is 0 Å². The maximum Gasteiger partial charge on any atom is 0.0836 e. The minimum atomic E-state index is 0.133. The highest BCUT2D eigenvalue weighted by molar-refractivity contribution is 8.00. The standard InChI is InChI=1S/C22H41O2P3/c1-3-5-7-9-10-11-14-19-22(24-27-26)20-16-12-15-18-21(23-25)17-13-8-6-4-2/h10-12,14-16,18-19,21-22,27H,3-9,13,17,20,25-26H2,1-2H3. The van der Waals surface area contributed by atoms with Crippen molar-refractivity contribution in [3.05, 3.63) is 48.6 Å². The SMILES string of the molecule is CCCCCC=CC=CC(CC=CC=CC(CCCCCC)OP)OPP. The van der Waals surface area contributed by atoms with E-state index in [1.807, 2.05) is 0 Å². The first-order valence-corrected chi connectivity index (χ1v) is 13.6. The van der Waals surface area contributed by atoms with Crippen molar-refractivity contribution in [1.82, 2.24) is 0 Å². The second-order valence-electron chi connectivity index (χ2n) is 6.66. The van der Waals surface area contributed by atoms with E-state index in [1.165, 1.54) is 44.9 Å². The molecular formula is C22H41O2P3. The summed E-state index contributed by atoms with van der Waals surface area (Å²) >= 11 is 0. The molecule has 0 spiro atoms. The summed E-state index contributed by atoms with van der Waals surface area (Å²) in [5.74, 6) is 0. The lowest BCUT2D eigenvalue weighted by atomic mass is 10.1. The summed E-state index contributed by atoms with van der Waals surface area (Å²) < 4.78 is 11.2. The van der Waals surface area contributed by atoms with Gasteiger partial charge in [0.05, 0.1) is 12.2 Å². The second kappa shape index (κ2) is 22.5. The molecule has 156 valence electrons. The molecule has 5 atom stereocenters. The molecule has 0 aromatic carbocycles. The summed E-state index contributed by atoms with van der Waals surface area (Å²) in [5.41, 5.74) is 0. The van der Waals surface area contributed by atoms with Crippen molar-refractivity contribution in [2.45, 2.75) is 90.3 Å². The van der Waals surface area contributed by atoms with E-state index >= 15 is 0 Å². The fraction of sp³-hybridized carbons (Fsp3) is 0.636. The monoisotopic (exact) mass is 430 g/mol. The topological polar surface area (TPSA) is 18.5 Å².